The van der Waals surface area contributed by atoms with Gasteiger partial charge in [0.15, 0.2) is 11.5 Å². The Morgan fingerprint density at radius 2 is 2.05 bits per heavy atom. The summed E-state index contributed by atoms with van der Waals surface area (Å²) in [6.07, 6.45) is 0. The number of methoxy groups -OCH3 is 1. The number of hydrogen-bond acceptors (Lipinski definition) is 7. The van der Waals surface area contributed by atoms with Gasteiger partial charge in [-0.25, -0.2) is 9.59 Å². The molecule has 0 aliphatic rings. The molecule has 1 unspecified atom stereocenters. The predicted molar refractivity (Wildman–Crippen MR) is 74.1 cm³/mol. The first-order valence-corrected chi connectivity index (χ1v) is 6.56. The third-order valence-electron chi connectivity index (χ3n) is 2.58. The van der Waals surface area contributed by atoms with E-state index in [1.807, 2.05) is 0 Å². The van der Waals surface area contributed by atoms with E-state index in [4.69, 9.17) is 10.5 Å². The van der Waals surface area contributed by atoms with Crippen LogP contribution in [0.4, 0.5) is 0 Å². The number of rotatable bonds is 3. The molecule has 1 aromatic heterocycles. The molecule has 0 spiro atoms. The molecule has 3 N–H and O–H groups in total. The van der Waals surface area contributed by atoms with Crippen molar-refractivity contribution in [2.24, 2.45) is 5.73 Å². The Balaban J connectivity index is 2.32. The van der Waals surface area contributed by atoms with Crippen LogP contribution in [-0.4, -0.2) is 30.2 Å². The molecule has 0 aliphatic carbocycles. The van der Waals surface area contributed by atoms with Crippen molar-refractivity contribution in [3.63, 3.8) is 0 Å². The molecule has 2 rings (SSSR count). The largest absolute Gasteiger partial charge is 0.504 e. The summed E-state index contributed by atoms with van der Waals surface area (Å²) in [6, 6.07) is 3.77. The van der Waals surface area contributed by atoms with Crippen LogP contribution in [0, 0.1) is 0 Å². The number of aromatic hydroxyl groups is 1. The molecule has 1 aromatic carbocycles. The van der Waals surface area contributed by atoms with E-state index >= 15 is 0 Å². The second kappa shape index (κ2) is 5.48. The number of esters is 2. The Bertz CT molecular complexity index is 677. The molecule has 0 amide bonds. The van der Waals surface area contributed by atoms with E-state index in [-0.39, 0.29) is 10.6 Å². The topological polar surface area (TPSA) is 98.9 Å². The van der Waals surface area contributed by atoms with E-state index < -0.39 is 18.0 Å². The highest BCUT2D eigenvalue weighted by Gasteiger charge is 2.19. The lowest BCUT2D eigenvalue weighted by Gasteiger charge is -2.02. The molecular weight excluding hydrogens is 282 g/mol. The molecule has 20 heavy (non-hydrogen) atoms. The van der Waals surface area contributed by atoms with Crippen molar-refractivity contribution in [1.29, 1.82) is 0 Å². The summed E-state index contributed by atoms with van der Waals surface area (Å²) in [4.78, 5) is 23.3. The quantitative estimate of drug-likeness (QED) is 0.660. The van der Waals surface area contributed by atoms with Gasteiger partial charge in [-0.05, 0) is 24.4 Å². The van der Waals surface area contributed by atoms with E-state index in [1.54, 1.807) is 6.07 Å². The number of phenols is 1. The molecule has 0 saturated heterocycles. The van der Waals surface area contributed by atoms with E-state index in [9.17, 15) is 14.7 Å². The SMILES string of the molecule is COc1cc2sc(C(=O)OC(=O)C(C)N)cc2cc1O. The summed E-state index contributed by atoms with van der Waals surface area (Å²) in [6.45, 7) is 1.43. The van der Waals surface area contributed by atoms with Gasteiger partial charge in [0.2, 0.25) is 0 Å². The van der Waals surface area contributed by atoms with Crippen LogP contribution >= 0.6 is 11.3 Å². The van der Waals surface area contributed by atoms with Gasteiger partial charge >= 0.3 is 11.9 Å². The highest BCUT2D eigenvalue weighted by molar-refractivity contribution is 7.20. The van der Waals surface area contributed by atoms with Crippen LogP contribution in [0.25, 0.3) is 10.1 Å². The van der Waals surface area contributed by atoms with Gasteiger partial charge in [-0.3, -0.25) is 0 Å². The Hall–Kier alpha value is -2.12. The second-order valence-electron chi connectivity index (χ2n) is 4.17. The van der Waals surface area contributed by atoms with Gasteiger partial charge < -0.3 is 20.3 Å². The van der Waals surface area contributed by atoms with Crippen molar-refractivity contribution in [3.05, 3.63) is 23.1 Å². The fourth-order valence-electron chi connectivity index (χ4n) is 1.55. The minimum absolute atomic E-state index is 0.0237. The molecule has 0 saturated carbocycles. The van der Waals surface area contributed by atoms with Gasteiger partial charge in [0.05, 0.1) is 7.11 Å². The zero-order valence-corrected chi connectivity index (χ0v) is 11.7. The number of benzene rings is 1. The van der Waals surface area contributed by atoms with E-state index in [0.717, 1.165) is 16.0 Å². The van der Waals surface area contributed by atoms with Gasteiger partial charge in [0.1, 0.15) is 10.9 Å². The fraction of sp³-hybridized carbons (Fsp3) is 0.231. The average molecular weight is 295 g/mol. The Morgan fingerprint density at radius 1 is 1.35 bits per heavy atom. The number of nitrogens with two attached hydrogens (primary N) is 1. The highest BCUT2D eigenvalue weighted by Crippen LogP contribution is 2.35. The van der Waals surface area contributed by atoms with Gasteiger partial charge in [0.25, 0.3) is 0 Å². The van der Waals surface area contributed by atoms with Crippen molar-refractivity contribution in [3.8, 4) is 11.5 Å². The van der Waals surface area contributed by atoms with Crippen molar-refractivity contribution in [2.75, 3.05) is 7.11 Å². The molecule has 106 valence electrons. The monoisotopic (exact) mass is 295 g/mol. The van der Waals surface area contributed by atoms with Gasteiger partial charge in [-0.1, -0.05) is 0 Å². The minimum atomic E-state index is -0.863. The number of carbonyl (C=O) groups is 2. The Morgan fingerprint density at radius 3 is 2.65 bits per heavy atom. The summed E-state index contributed by atoms with van der Waals surface area (Å²) in [5.41, 5.74) is 5.32. The van der Waals surface area contributed by atoms with Crippen LogP contribution in [-0.2, 0) is 9.53 Å². The highest BCUT2D eigenvalue weighted by atomic mass is 32.1. The van der Waals surface area contributed by atoms with Gasteiger partial charge in [-0.15, -0.1) is 11.3 Å². The molecule has 7 heteroatoms. The number of phenolic OH excluding ortho intramolecular Hbond substituents is 1. The van der Waals surface area contributed by atoms with E-state index in [0.29, 0.717) is 11.1 Å². The molecule has 1 atom stereocenters. The molecular formula is C13H13NO5S. The maximum absolute atomic E-state index is 11.8. The molecule has 6 nitrogen and oxygen atoms in total. The molecule has 1 heterocycles. The van der Waals surface area contributed by atoms with E-state index in [2.05, 4.69) is 4.74 Å². The molecule has 0 aliphatic heterocycles. The number of fused-ring (bicyclic) bond motifs is 1. The first kappa shape index (κ1) is 14.3. The smallest absolute Gasteiger partial charge is 0.356 e. The first-order chi connectivity index (χ1) is 9.42. The maximum Gasteiger partial charge on any atom is 0.356 e. The Labute approximate surface area is 118 Å². The predicted octanol–water partition coefficient (Wildman–Crippen LogP) is 1.65. The average Bonchev–Trinajstić information content (AvgIpc) is 2.80. The lowest BCUT2D eigenvalue weighted by Crippen LogP contribution is -2.30. The van der Waals surface area contributed by atoms with Crippen molar-refractivity contribution < 1.29 is 24.2 Å². The molecule has 0 bridgehead atoms. The van der Waals surface area contributed by atoms with E-state index in [1.165, 1.54) is 26.2 Å². The number of ether oxygens (including phenoxy) is 2. The standard InChI is InChI=1S/C13H13NO5S/c1-6(14)12(16)19-13(17)11-4-7-3-8(15)9(18-2)5-10(7)20-11/h3-6,15H,14H2,1-2H3. The zero-order chi connectivity index (χ0) is 14.9. The molecule has 0 fully saturated rings. The summed E-state index contributed by atoms with van der Waals surface area (Å²) >= 11 is 1.14. The Kier molecular flexibility index (Phi) is 3.91. The normalized spacial score (nSPS) is 12.2. The van der Waals surface area contributed by atoms with Crippen LogP contribution in [0.15, 0.2) is 18.2 Å². The second-order valence-corrected chi connectivity index (χ2v) is 5.25. The summed E-state index contributed by atoms with van der Waals surface area (Å²) in [5, 5.41) is 10.3. The summed E-state index contributed by atoms with van der Waals surface area (Å²) in [7, 11) is 1.44. The third kappa shape index (κ3) is 2.73. The lowest BCUT2D eigenvalue weighted by molar-refractivity contribution is -0.138. The number of thiophene rings is 1. The van der Waals surface area contributed by atoms with Crippen molar-refractivity contribution in [2.45, 2.75) is 13.0 Å². The maximum atomic E-state index is 11.8. The lowest BCUT2D eigenvalue weighted by atomic mass is 10.2. The zero-order valence-electron chi connectivity index (χ0n) is 10.9. The number of hydrogen-bond donors (Lipinski definition) is 2. The first-order valence-electron chi connectivity index (χ1n) is 5.74. The third-order valence-corrected chi connectivity index (χ3v) is 3.66. The van der Waals surface area contributed by atoms with Crippen LogP contribution in [0.2, 0.25) is 0 Å². The van der Waals surface area contributed by atoms with Crippen LogP contribution in [0.5, 0.6) is 11.5 Å². The van der Waals surface area contributed by atoms with Crippen LogP contribution in [0.3, 0.4) is 0 Å². The summed E-state index contributed by atoms with van der Waals surface area (Å²) < 4.78 is 10.4. The molecule has 2 aromatic rings. The van der Waals surface area contributed by atoms with Crippen LogP contribution < -0.4 is 10.5 Å². The molecule has 0 radical (unpaired) electrons. The summed E-state index contributed by atoms with van der Waals surface area (Å²) in [5.74, 6) is -1.25. The minimum Gasteiger partial charge on any atom is -0.504 e. The number of carbonyl (C=O) groups excluding carboxylic acids is 2. The fourth-order valence-corrected chi connectivity index (χ4v) is 2.50. The van der Waals surface area contributed by atoms with Gasteiger partial charge in [0, 0.05) is 10.8 Å². The van der Waals surface area contributed by atoms with Crippen LogP contribution in [0.1, 0.15) is 16.6 Å². The van der Waals surface area contributed by atoms with Crippen molar-refractivity contribution >= 4 is 33.4 Å². The van der Waals surface area contributed by atoms with Gasteiger partial charge in [-0.2, -0.15) is 0 Å². The van der Waals surface area contributed by atoms with Crippen molar-refractivity contribution in [1.82, 2.24) is 0 Å².